The Hall–Kier alpha value is -2.18. The Bertz CT molecular complexity index is 419. The van der Waals surface area contributed by atoms with Gasteiger partial charge in [-0.1, -0.05) is 5.16 Å². The molecule has 0 aromatic carbocycles. The molecule has 0 saturated carbocycles. The molecule has 0 spiro atoms. The molecule has 0 aliphatic rings. The molecular weight excluding hydrogens is 176 g/mol. The first-order valence-electron chi connectivity index (χ1n) is 3.32. The Morgan fingerprint density at radius 3 is 3.08 bits per heavy atom. The molecule has 2 aromatic heterocycles. The first-order valence-corrected chi connectivity index (χ1v) is 3.32. The first kappa shape index (κ1) is 7.47. The molecule has 7 nitrogen and oxygen atoms in total. The zero-order valence-electron chi connectivity index (χ0n) is 6.26. The van der Waals surface area contributed by atoms with Crippen LogP contribution in [0.4, 0.5) is 0 Å². The third kappa shape index (κ3) is 1.15. The molecule has 13 heavy (non-hydrogen) atoms. The quantitative estimate of drug-likeness (QED) is 0.681. The van der Waals surface area contributed by atoms with E-state index >= 15 is 0 Å². The Morgan fingerprint density at radius 1 is 1.62 bits per heavy atom. The van der Waals surface area contributed by atoms with Crippen LogP contribution in [0.1, 0.15) is 10.4 Å². The van der Waals surface area contributed by atoms with Crippen molar-refractivity contribution >= 4 is 5.97 Å². The average molecular weight is 180 g/mol. The number of carboxylic acids is 1. The van der Waals surface area contributed by atoms with Gasteiger partial charge in [0, 0.05) is 0 Å². The molecule has 2 aromatic rings. The minimum absolute atomic E-state index is 0.0447. The van der Waals surface area contributed by atoms with Gasteiger partial charge in [0.15, 0.2) is 5.82 Å². The van der Waals surface area contributed by atoms with Crippen molar-refractivity contribution < 1.29 is 14.4 Å². The van der Waals surface area contributed by atoms with E-state index in [-0.39, 0.29) is 17.1 Å². The molecule has 2 N–H and O–H groups in total. The third-order valence-electron chi connectivity index (χ3n) is 1.43. The van der Waals surface area contributed by atoms with E-state index in [1.165, 1.54) is 6.33 Å². The molecule has 0 unspecified atom stereocenters. The molecule has 7 heteroatoms. The maximum Gasteiger partial charge on any atom is 0.341 e. The number of hydrogen-bond donors (Lipinski definition) is 2. The van der Waals surface area contributed by atoms with E-state index in [4.69, 9.17) is 9.63 Å². The maximum atomic E-state index is 10.6. The van der Waals surface area contributed by atoms with Crippen molar-refractivity contribution in [3.8, 4) is 11.6 Å². The average Bonchev–Trinajstić information content (AvgIpc) is 2.74. The number of aromatic nitrogens is 4. The van der Waals surface area contributed by atoms with E-state index in [0.29, 0.717) is 0 Å². The van der Waals surface area contributed by atoms with E-state index in [1.807, 2.05) is 0 Å². The zero-order chi connectivity index (χ0) is 9.26. The Balaban J connectivity index is 2.52. The van der Waals surface area contributed by atoms with Crippen LogP contribution in [0, 0.1) is 0 Å². The summed E-state index contributed by atoms with van der Waals surface area (Å²) in [5, 5.41) is 18.1. The summed E-state index contributed by atoms with van der Waals surface area (Å²) in [7, 11) is 0. The van der Waals surface area contributed by atoms with Gasteiger partial charge in [-0.05, 0) is 0 Å². The van der Waals surface area contributed by atoms with Gasteiger partial charge < -0.3 is 9.63 Å². The summed E-state index contributed by atoms with van der Waals surface area (Å²) in [6.07, 6.45) is 2.36. The van der Waals surface area contributed by atoms with E-state index in [9.17, 15) is 4.79 Å². The summed E-state index contributed by atoms with van der Waals surface area (Å²) in [5.74, 6) is -0.799. The van der Waals surface area contributed by atoms with Crippen LogP contribution in [0.2, 0.25) is 0 Å². The highest BCUT2D eigenvalue weighted by Crippen LogP contribution is 2.18. The van der Waals surface area contributed by atoms with Gasteiger partial charge in [0.05, 0.1) is 6.20 Å². The van der Waals surface area contributed by atoms with Crippen LogP contribution >= 0.6 is 0 Å². The molecule has 0 aliphatic carbocycles. The van der Waals surface area contributed by atoms with Crippen molar-refractivity contribution in [1.82, 2.24) is 20.3 Å². The fourth-order valence-electron chi connectivity index (χ4n) is 0.878. The van der Waals surface area contributed by atoms with Gasteiger partial charge in [0.1, 0.15) is 11.9 Å². The van der Waals surface area contributed by atoms with E-state index in [0.717, 1.165) is 6.20 Å². The fraction of sp³-hybridized carbons (Fsp3) is 0. The molecule has 0 amide bonds. The fourth-order valence-corrected chi connectivity index (χ4v) is 0.878. The van der Waals surface area contributed by atoms with Gasteiger partial charge in [-0.2, -0.15) is 5.10 Å². The van der Waals surface area contributed by atoms with Crippen LogP contribution in [0.3, 0.4) is 0 Å². The molecule has 0 saturated heterocycles. The van der Waals surface area contributed by atoms with Crippen molar-refractivity contribution in [2.75, 3.05) is 0 Å². The third-order valence-corrected chi connectivity index (χ3v) is 1.43. The lowest BCUT2D eigenvalue weighted by atomic mass is 10.2. The summed E-state index contributed by atoms with van der Waals surface area (Å²) >= 11 is 0. The molecule has 0 atom stereocenters. The molecular formula is C6H4N4O3. The molecule has 0 radical (unpaired) electrons. The van der Waals surface area contributed by atoms with E-state index in [1.54, 1.807) is 0 Å². The number of aromatic carboxylic acids is 1. The molecule has 66 valence electrons. The number of hydrogen-bond acceptors (Lipinski definition) is 5. The van der Waals surface area contributed by atoms with Crippen LogP contribution < -0.4 is 0 Å². The Labute approximate surface area is 71.4 Å². The highest BCUT2D eigenvalue weighted by atomic mass is 16.5. The van der Waals surface area contributed by atoms with Crippen LogP contribution in [-0.4, -0.2) is 31.4 Å². The van der Waals surface area contributed by atoms with Crippen molar-refractivity contribution in [2.45, 2.75) is 0 Å². The van der Waals surface area contributed by atoms with Gasteiger partial charge in [0.25, 0.3) is 0 Å². The standard InChI is InChI=1S/C6H4N4O3/c11-6(12)3-1-9-13-4(3)5-7-2-8-10-5/h1-2H,(H,11,12)(H,7,8,10). The van der Waals surface area contributed by atoms with E-state index in [2.05, 4.69) is 20.3 Å². The highest BCUT2D eigenvalue weighted by Gasteiger charge is 2.18. The van der Waals surface area contributed by atoms with Gasteiger partial charge in [0.2, 0.25) is 5.76 Å². The summed E-state index contributed by atoms with van der Waals surface area (Å²) < 4.78 is 4.71. The SMILES string of the molecule is O=C(O)c1cnoc1-c1ncn[nH]1. The summed E-state index contributed by atoms with van der Waals surface area (Å²) in [5.41, 5.74) is -0.0447. The lowest BCUT2D eigenvalue weighted by Crippen LogP contribution is -1.96. The normalized spacial score (nSPS) is 10.2. The smallest absolute Gasteiger partial charge is 0.341 e. The lowest BCUT2D eigenvalue weighted by molar-refractivity contribution is 0.0697. The first-order chi connectivity index (χ1) is 6.29. The molecule has 0 bridgehead atoms. The van der Waals surface area contributed by atoms with Gasteiger partial charge in [-0.3, -0.25) is 5.10 Å². The Morgan fingerprint density at radius 2 is 2.46 bits per heavy atom. The summed E-state index contributed by atoms with van der Waals surface area (Å²) in [6, 6.07) is 0. The van der Waals surface area contributed by atoms with E-state index < -0.39 is 5.97 Å². The second kappa shape index (κ2) is 2.70. The predicted octanol–water partition coefficient (Wildman–Crippen LogP) is 0.158. The summed E-state index contributed by atoms with van der Waals surface area (Å²) in [6.45, 7) is 0. The minimum Gasteiger partial charge on any atom is -0.477 e. The number of carboxylic acid groups (broad SMARTS) is 1. The number of H-pyrrole nitrogens is 1. The van der Waals surface area contributed by atoms with Gasteiger partial charge in [-0.15, -0.1) is 0 Å². The summed E-state index contributed by atoms with van der Waals surface area (Å²) in [4.78, 5) is 14.4. The second-order valence-corrected chi connectivity index (χ2v) is 2.21. The van der Waals surface area contributed by atoms with Crippen LogP contribution in [0.5, 0.6) is 0 Å². The predicted molar refractivity (Wildman–Crippen MR) is 38.8 cm³/mol. The topological polar surface area (TPSA) is 105 Å². The molecule has 0 aliphatic heterocycles. The molecule has 2 rings (SSSR count). The maximum absolute atomic E-state index is 10.6. The highest BCUT2D eigenvalue weighted by molar-refractivity contribution is 5.92. The number of rotatable bonds is 2. The Kier molecular flexibility index (Phi) is 1.55. The minimum atomic E-state index is -1.12. The van der Waals surface area contributed by atoms with Crippen LogP contribution in [0.15, 0.2) is 17.0 Å². The largest absolute Gasteiger partial charge is 0.477 e. The lowest BCUT2D eigenvalue weighted by Gasteiger charge is -1.89. The second-order valence-electron chi connectivity index (χ2n) is 2.21. The number of nitrogens with one attached hydrogen (secondary N) is 1. The van der Waals surface area contributed by atoms with Gasteiger partial charge >= 0.3 is 5.97 Å². The van der Waals surface area contributed by atoms with Crippen molar-refractivity contribution in [2.24, 2.45) is 0 Å². The molecule has 2 heterocycles. The number of carbonyl (C=O) groups is 1. The number of aromatic amines is 1. The zero-order valence-corrected chi connectivity index (χ0v) is 6.26. The monoisotopic (exact) mass is 180 g/mol. The van der Waals surface area contributed by atoms with Crippen LogP contribution in [0.25, 0.3) is 11.6 Å². The van der Waals surface area contributed by atoms with Crippen molar-refractivity contribution in [3.63, 3.8) is 0 Å². The molecule has 0 fully saturated rings. The van der Waals surface area contributed by atoms with Crippen molar-refractivity contribution in [1.29, 1.82) is 0 Å². The van der Waals surface area contributed by atoms with Gasteiger partial charge in [-0.25, -0.2) is 9.78 Å². The van der Waals surface area contributed by atoms with Crippen LogP contribution in [-0.2, 0) is 0 Å². The number of nitrogens with zero attached hydrogens (tertiary/aromatic N) is 3. The van der Waals surface area contributed by atoms with Crippen molar-refractivity contribution in [3.05, 3.63) is 18.1 Å².